The molecule has 3 nitrogen and oxygen atoms in total. The zero-order chi connectivity index (χ0) is 13.9. The molecule has 0 saturated carbocycles. The molecule has 3 heteroatoms. The molecule has 1 aliphatic rings. The fraction of sp³-hybridized carbons (Fsp3) is 0.294. The Hall–Kier alpha value is -2.00. The first-order valence-corrected chi connectivity index (χ1v) is 6.93. The van der Waals surface area contributed by atoms with Crippen LogP contribution in [0.1, 0.15) is 24.2 Å². The maximum absolute atomic E-state index is 10.5. The number of para-hydroxylation sites is 1. The summed E-state index contributed by atoms with van der Waals surface area (Å²) in [5.74, 6) is 1.65. The van der Waals surface area contributed by atoms with Crippen LogP contribution in [-0.4, -0.2) is 17.8 Å². The third-order valence-electron chi connectivity index (χ3n) is 3.53. The van der Waals surface area contributed by atoms with Gasteiger partial charge in [-0.1, -0.05) is 30.3 Å². The highest BCUT2D eigenvalue weighted by Gasteiger charge is 2.30. The molecule has 20 heavy (non-hydrogen) atoms. The molecule has 1 heterocycles. The Kier molecular flexibility index (Phi) is 3.61. The first-order chi connectivity index (χ1) is 9.78. The Morgan fingerprint density at radius 1 is 1.25 bits per heavy atom. The van der Waals surface area contributed by atoms with Crippen LogP contribution in [0.3, 0.4) is 0 Å². The maximum atomic E-state index is 10.5. The van der Waals surface area contributed by atoms with Crippen molar-refractivity contribution in [3.8, 4) is 11.5 Å². The van der Waals surface area contributed by atoms with Gasteiger partial charge in [0.1, 0.15) is 23.7 Å². The molecule has 0 amide bonds. The lowest BCUT2D eigenvalue weighted by atomic mass is 10.0. The molecule has 1 aliphatic heterocycles. The van der Waals surface area contributed by atoms with Crippen molar-refractivity contribution in [2.75, 3.05) is 6.61 Å². The van der Waals surface area contributed by atoms with Crippen molar-refractivity contribution in [3.05, 3.63) is 59.7 Å². The third kappa shape index (κ3) is 2.49. The standard InChI is InChI=1S/C17H18O3/c1-2-19-14-8-5-7-13(10-14)17(18)16-11-12-6-3-4-9-15(12)20-16/h3-10,16-18H,2,11H2,1H3. The van der Waals surface area contributed by atoms with Crippen molar-refractivity contribution < 1.29 is 14.6 Å². The first kappa shape index (κ1) is 13.0. The fourth-order valence-electron chi connectivity index (χ4n) is 2.55. The lowest BCUT2D eigenvalue weighted by Gasteiger charge is -2.19. The Balaban J connectivity index is 1.77. The van der Waals surface area contributed by atoms with Gasteiger partial charge >= 0.3 is 0 Å². The van der Waals surface area contributed by atoms with Crippen molar-refractivity contribution in [1.82, 2.24) is 0 Å². The Morgan fingerprint density at radius 3 is 2.90 bits per heavy atom. The predicted octanol–water partition coefficient (Wildman–Crippen LogP) is 3.12. The summed E-state index contributed by atoms with van der Waals surface area (Å²) in [6, 6.07) is 15.5. The van der Waals surface area contributed by atoms with Crippen LogP contribution >= 0.6 is 0 Å². The summed E-state index contributed by atoms with van der Waals surface area (Å²) < 4.78 is 11.3. The van der Waals surface area contributed by atoms with Gasteiger partial charge in [0.2, 0.25) is 0 Å². The number of aliphatic hydroxyl groups is 1. The van der Waals surface area contributed by atoms with Crippen LogP contribution in [0, 0.1) is 0 Å². The molecule has 0 saturated heterocycles. The van der Waals surface area contributed by atoms with E-state index in [1.165, 1.54) is 0 Å². The average Bonchev–Trinajstić information content (AvgIpc) is 2.91. The molecule has 0 aromatic heterocycles. The van der Waals surface area contributed by atoms with Crippen LogP contribution in [0.25, 0.3) is 0 Å². The van der Waals surface area contributed by atoms with Crippen molar-refractivity contribution >= 4 is 0 Å². The summed E-state index contributed by atoms with van der Waals surface area (Å²) in [5, 5.41) is 10.5. The van der Waals surface area contributed by atoms with E-state index in [0.29, 0.717) is 6.61 Å². The van der Waals surface area contributed by atoms with Gasteiger partial charge in [0, 0.05) is 6.42 Å². The number of hydrogen-bond donors (Lipinski definition) is 1. The Bertz CT molecular complexity index is 569. The molecule has 2 unspecified atom stereocenters. The first-order valence-electron chi connectivity index (χ1n) is 6.93. The minimum atomic E-state index is -0.650. The molecule has 0 fully saturated rings. The lowest BCUT2D eigenvalue weighted by Crippen LogP contribution is -2.23. The van der Waals surface area contributed by atoms with Gasteiger partial charge in [-0.05, 0) is 36.2 Å². The second-order valence-corrected chi connectivity index (χ2v) is 4.92. The van der Waals surface area contributed by atoms with Gasteiger partial charge in [-0.2, -0.15) is 0 Å². The molecule has 2 aromatic carbocycles. The summed E-state index contributed by atoms with van der Waals surface area (Å²) in [6.45, 7) is 2.56. The SMILES string of the molecule is CCOc1cccc(C(O)C2Cc3ccccc3O2)c1. The van der Waals surface area contributed by atoms with Crippen LogP contribution in [-0.2, 0) is 6.42 Å². The van der Waals surface area contributed by atoms with Gasteiger partial charge < -0.3 is 14.6 Å². The summed E-state index contributed by atoms with van der Waals surface area (Å²) in [4.78, 5) is 0. The van der Waals surface area contributed by atoms with Crippen molar-refractivity contribution in [2.24, 2.45) is 0 Å². The van der Waals surface area contributed by atoms with Gasteiger partial charge in [0.05, 0.1) is 6.61 Å². The number of ether oxygens (including phenoxy) is 2. The second kappa shape index (κ2) is 5.55. The summed E-state index contributed by atoms with van der Waals surface area (Å²) in [5.41, 5.74) is 1.98. The molecule has 0 radical (unpaired) electrons. The van der Waals surface area contributed by atoms with Crippen molar-refractivity contribution in [1.29, 1.82) is 0 Å². The quantitative estimate of drug-likeness (QED) is 0.927. The molecule has 0 aliphatic carbocycles. The van der Waals surface area contributed by atoms with E-state index in [-0.39, 0.29) is 6.10 Å². The van der Waals surface area contributed by atoms with E-state index >= 15 is 0 Å². The predicted molar refractivity (Wildman–Crippen MR) is 77.1 cm³/mol. The minimum Gasteiger partial charge on any atom is -0.494 e. The van der Waals surface area contributed by atoms with E-state index in [0.717, 1.165) is 29.0 Å². The number of fused-ring (bicyclic) bond motifs is 1. The second-order valence-electron chi connectivity index (χ2n) is 4.92. The van der Waals surface area contributed by atoms with Crippen LogP contribution in [0.5, 0.6) is 11.5 Å². The highest BCUT2D eigenvalue weighted by molar-refractivity contribution is 5.39. The summed E-state index contributed by atoms with van der Waals surface area (Å²) in [6.07, 6.45) is -0.150. The molecule has 0 spiro atoms. The molecular weight excluding hydrogens is 252 g/mol. The van der Waals surface area contributed by atoms with E-state index in [9.17, 15) is 5.11 Å². The third-order valence-corrected chi connectivity index (χ3v) is 3.53. The van der Waals surface area contributed by atoms with Gasteiger partial charge in [-0.25, -0.2) is 0 Å². The molecule has 0 bridgehead atoms. The number of aliphatic hydroxyl groups excluding tert-OH is 1. The summed E-state index contributed by atoms with van der Waals surface area (Å²) in [7, 11) is 0. The Labute approximate surface area is 118 Å². The van der Waals surface area contributed by atoms with Crippen LogP contribution in [0.2, 0.25) is 0 Å². The van der Waals surface area contributed by atoms with Gasteiger partial charge in [-0.3, -0.25) is 0 Å². The molecule has 2 aromatic rings. The molecule has 3 rings (SSSR count). The number of benzene rings is 2. The van der Waals surface area contributed by atoms with Gasteiger partial charge in [0.25, 0.3) is 0 Å². The van der Waals surface area contributed by atoms with Crippen molar-refractivity contribution in [2.45, 2.75) is 25.6 Å². The molecule has 1 N–H and O–H groups in total. The minimum absolute atomic E-state index is 0.232. The van der Waals surface area contributed by atoms with E-state index in [1.807, 2.05) is 55.5 Å². The monoisotopic (exact) mass is 270 g/mol. The van der Waals surface area contributed by atoms with Crippen molar-refractivity contribution in [3.63, 3.8) is 0 Å². The smallest absolute Gasteiger partial charge is 0.133 e. The van der Waals surface area contributed by atoms with E-state index < -0.39 is 6.10 Å². The number of hydrogen-bond acceptors (Lipinski definition) is 3. The largest absolute Gasteiger partial charge is 0.494 e. The topological polar surface area (TPSA) is 38.7 Å². The molecular formula is C17H18O3. The normalized spacial score (nSPS) is 18.2. The fourth-order valence-corrected chi connectivity index (χ4v) is 2.55. The average molecular weight is 270 g/mol. The highest BCUT2D eigenvalue weighted by atomic mass is 16.5. The number of rotatable bonds is 4. The van der Waals surface area contributed by atoms with Crippen LogP contribution in [0.15, 0.2) is 48.5 Å². The van der Waals surface area contributed by atoms with E-state index in [2.05, 4.69) is 0 Å². The molecule has 104 valence electrons. The van der Waals surface area contributed by atoms with Gasteiger partial charge in [-0.15, -0.1) is 0 Å². The Morgan fingerprint density at radius 2 is 2.10 bits per heavy atom. The zero-order valence-electron chi connectivity index (χ0n) is 11.5. The highest BCUT2D eigenvalue weighted by Crippen LogP contribution is 2.34. The maximum Gasteiger partial charge on any atom is 0.133 e. The zero-order valence-corrected chi connectivity index (χ0v) is 11.5. The lowest BCUT2D eigenvalue weighted by molar-refractivity contribution is 0.0490. The molecule has 2 atom stereocenters. The summed E-state index contributed by atoms with van der Waals surface area (Å²) >= 11 is 0. The van der Waals surface area contributed by atoms with Crippen LogP contribution in [0.4, 0.5) is 0 Å². The van der Waals surface area contributed by atoms with E-state index in [1.54, 1.807) is 0 Å². The van der Waals surface area contributed by atoms with Gasteiger partial charge in [0.15, 0.2) is 0 Å². The van der Waals surface area contributed by atoms with E-state index in [4.69, 9.17) is 9.47 Å². The van der Waals surface area contributed by atoms with Crippen LogP contribution < -0.4 is 9.47 Å².